The van der Waals surface area contributed by atoms with E-state index >= 15 is 0 Å². The predicted octanol–water partition coefficient (Wildman–Crippen LogP) is 0.983. The van der Waals surface area contributed by atoms with Crippen LogP contribution in [0.3, 0.4) is 0 Å². The fraction of sp³-hybridized carbons (Fsp3) is 0.500. The van der Waals surface area contributed by atoms with Gasteiger partial charge in [-0.25, -0.2) is 0 Å². The third-order valence-electron chi connectivity index (χ3n) is 3.88. The van der Waals surface area contributed by atoms with Crippen LogP contribution in [0.2, 0.25) is 0 Å². The normalized spacial score (nSPS) is 21.0. The molecule has 1 aliphatic rings. The molecular weight excluding hydrogens is 266 g/mol. The van der Waals surface area contributed by atoms with Gasteiger partial charge in [0.25, 0.3) is 5.91 Å². The van der Waals surface area contributed by atoms with Crippen LogP contribution in [0.1, 0.15) is 35.7 Å². The zero-order chi connectivity index (χ0) is 15.3. The molecule has 1 aliphatic heterocycles. The Bertz CT molecular complexity index is 505. The number of carbonyl (C=O) groups excluding carboxylic acids is 2. The van der Waals surface area contributed by atoms with Crippen molar-refractivity contribution in [3.05, 3.63) is 35.4 Å². The van der Waals surface area contributed by atoms with Crippen LogP contribution < -0.4 is 16.0 Å². The maximum atomic E-state index is 12.0. The van der Waals surface area contributed by atoms with E-state index < -0.39 is 5.54 Å². The first-order valence-corrected chi connectivity index (χ1v) is 7.39. The summed E-state index contributed by atoms with van der Waals surface area (Å²) in [6.45, 7) is 5.64. The van der Waals surface area contributed by atoms with Gasteiger partial charge in [0, 0.05) is 18.7 Å². The molecule has 1 heterocycles. The van der Waals surface area contributed by atoms with Gasteiger partial charge in [-0.3, -0.25) is 9.59 Å². The van der Waals surface area contributed by atoms with Gasteiger partial charge >= 0.3 is 0 Å². The molecule has 1 aromatic rings. The second kappa shape index (κ2) is 6.72. The van der Waals surface area contributed by atoms with Gasteiger partial charge in [0.15, 0.2) is 0 Å². The molecule has 5 heteroatoms. The molecule has 1 unspecified atom stereocenters. The predicted molar refractivity (Wildman–Crippen MR) is 82.2 cm³/mol. The molecule has 0 aromatic heterocycles. The van der Waals surface area contributed by atoms with Gasteiger partial charge in [-0.1, -0.05) is 17.7 Å². The number of hydrogen-bond donors (Lipinski definition) is 3. The number of rotatable bonds is 5. The highest BCUT2D eigenvalue weighted by molar-refractivity contribution is 5.94. The Morgan fingerprint density at radius 2 is 1.86 bits per heavy atom. The van der Waals surface area contributed by atoms with E-state index in [9.17, 15) is 9.59 Å². The smallest absolute Gasteiger partial charge is 0.251 e. The summed E-state index contributed by atoms with van der Waals surface area (Å²) in [6.07, 6.45) is 1.88. The Morgan fingerprint density at radius 3 is 2.48 bits per heavy atom. The minimum absolute atomic E-state index is 0.00425. The van der Waals surface area contributed by atoms with Crippen molar-refractivity contribution >= 4 is 11.8 Å². The van der Waals surface area contributed by atoms with Crippen LogP contribution >= 0.6 is 0 Å². The van der Waals surface area contributed by atoms with E-state index in [4.69, 9.17) is 0 Å². The first-order chi connectivity index (χ1) is 10.0. The largest absolute Gasteiger partial charge is 0.353 e. The fourth-order valence-corrected chi connectivity index (χ4v) is 2.44. The lowest BCUT2D eigenvalue weighted by molar-refractivity contribution is -0.126. The van der Waals surface area contributed by atoms with Crippen molar-refractivity contribution in [1.29, 1.82) is 0 Å². The Labute approximate surface area is 125 Å². The van der Waals surface area contributed by atoms with Crippen LogP contribution in [-0.4, -0.2) is 37.0 Å². The Balaban J connectivity index is 1.71. The molecule has 3 N–H and O–H groups in total. The van der Waals surface area contributed by atoms with Crippen molar-refractivity contribution in [2.24, 2.45) is 0 Å². The van der Waals surface area contributed by atoms with Gasteiger partial charge in [0.05, 0.1) is 5.54 Å². The maximum absolute atomic E-state index is 12.0. The summed E-state index contributed by atoms with van der Waals surface area (Å²) in [5.41, 5.74) is 1.30. The van der Waals surface area contributed by atoms with Gasteiger partial charge in [-0.15, -0.1) is 0 Å². The molecule has 1 saturated heterocycles. The Hall–Kier alpha value is -1.88. The molecule has 1 aromatic carbocycles. The van der Waals surface area contributed by atoms with E-state index in [1.54, 1.807) is 12.1 Å². The SMILES string of the molecule is Cc1ccc(C(=O)NCCNC(=O)C2(C)CCCN2)cc1. The van der Waals surface area contributed by atoms with Crippen molar-refractivity contribution in [3.8, 4) is 0 Å². The second-order valence-electron chi connectivity index (χ2n) is 5.74. The first-order valence-electron chi connectivity index (χ1n) is 7.39. The second-order valence-corrected chi connectivity index (χ2v) is 5.74. The number of carbonyl (C=O) groups is 2. The molecule has 0 spiro atoms. The van der Waals surface area contributed by atoms with E-state index in [1.165, 1.54) is 0 Å². The topological polar surface area (TPSA) is 70.2 Å². The molecule has 0 aliphatic carbocycles. The first kappa shape index (κ1) is 15.5. The van der Waals surface area contributed by atoms with Crippen molar-refractivity contribution in [2.75, 3.05) is 19.6 Å². The third kappa shape index (κ3) is 4.04. The Kier molecular flexibility index (Phi) is 4.96. The monoisotopic (exact) mass is 289 g/mol. The molecule has 5 nitrogen and oxygen atoms in total. The molecule has 2 rings (SSSR count). The average Bonchev–Trinajstić information content (AvgIpc) is 2.92. The summed E-state index contributed by atoms with van der Waals surface area (Å²) in [4.78, 5) is 23.9. The summed E-state index contributed by atoms with van der Waals surface area (Å²) < 4.78 is 0. The molecule has 0 bridgehead atoms. The van der Waals surface area contributed by atoms with Gasteiger partial charge < -0.3 is 16.0 Å². The average molecular weight is 289 g/mol. The number of hydrogen-bond acceptors (Lipinski definition) is 3. The highest BCUT2D eigenvalue weighted by Gasteiger charge is 2.35. The number of nitrogens with one attached hydrogen (secondary N) is 3. The summed E-state index contributed by atoms with van der Waals surface area (Å²) in [6, 6.07) is 7.41. The lowest BCUT2D eigenvalue weighted by Gasteiger charge is -2.23. The molecule has 21 heavy (non-hydrogen) atoms. The van der Waals surface area contributed by atoms with Crippen LogP contribution in [-0.2, 0) is 4.79 Å². The van der Waals surface area contributed by atoms with Crippen LogP contribution in [0.25, 0.3) is 0 Å². The summed E-state index contributed by atoms with van der Waals surface area (Å²) in [7, 11) is 0. The van der Waals surface area contributed by atoms with Crippen molar-refractivity contribution in [3.63, 3.8) is 0 Å². The molecule has 0 saturated carbocycles. The number of amides is 2. The molecule has 2 amide bonds. The van der Waals surface area contributed by atoms with Crippen LogP contribution in [0.5, 0.6) is 0 Å². The molecule has 1 atom stereocenters. The molecule has 114 valence electrons. The minimum atomic E-state index is -0.457. The van der Waals surface area contributed by atoms with E-state index in [0.717, 1.165) is 24.9 Å². The molecule has 1 fully saturated rings. The highest BCUT2D eigenvalue weighted by atomic mass is 16.2. The maximum Gasteiger partial charge on any atom is 0.251 e. The van der Waals surface area contributed by atoms with Crippen LogP contribution in [0, 0.1) is 6.92 Å². The van der Waals surface area contributed by atoms with Crippen LogP contribution in [0.4, 0.5) is 0 Å². The van der Waals surface area contributed by atoms with Crippen molar-refractivity contribution < 1.29 is 9.59 Å². The van der Waals surface area contributed by atoms with Gasteiger partial charge in [-0.2, -0.15) is 0 Å². The number of aryl methyl sites for hydroxylation is 1. The zero-order valence-corrected chi connectivity index (χ0v) is 12.7. The number of benzene rings is 1. The van der Waals surface area contributed by atoms with E-state index in [-0.39, 0.29) is 11.8 Å². The minimum Gasteiger partial charge on any atom is -0.353 e. The van der Waals surface area contributed by atoms with Gasteiger partial charge in [-0.05, 0) is 45.4 Å². The van der Waals surface area contributed by atoms with Crippen LogP contribution in [0.15, 0.2) is 24.3 Å². The molecule has 0 radical (unpaired) electrons. The van der Waals surface area contributed by atoms with Gasteiger partial charge in [0.1, 0.15) is 0 Å². The quantitative estimate of drug-likeness (QED) is 0.708. The zero-order valence-electron chi connectivity index (χ0n) is 12.7. The van der Waals surface area contributed by atoms with E-state index in [1.807, 2.05) is 26.0 Å². The van der Waals surface area contributed by atoms with E-state index in [0.29, 0.717) is 18.7 Å². The highest BCUT2D eigenvalue weighted by Crippen LogP contribution is 2.18. The molecular formula is C16H23N3O2. The van der Waals surface area contributed by atoms with Crippen molar-refractivity contribution in [2.45, 2.75) is 32.2 Å². The van der Waals surface area contributed by atoms with E-state index in [2.05, 4.69) is 16.0 Å². The standard InChI is InChI=1S/C16H23N3O2/c1-12-4-6-13(7-5-12)14(20)17-10-11-18-15(21)16(2)8-3-9-19-16/h4-7,19H,3,8-11H2,1-2H3,(H,17,20)(H,18,21). The summed E-state index contributed by atoms with van der Waals surface area (Å²) in [5.74, 6) is -0.112. The lowest BCUT2D eigenvalue weighted by atomic mass is 9.99. The van der Waals surface area contributed by atoms with Gasteiger partial charge in [0.2, 0.25) is 5.91 Å². The fourth-order valence-electron chi connectivity index (χ4n) is 2.44. The Morgan fingerprint density at radius 1 is 1.19 bits per heavy atom. The summed E-state index contributed by atoms with van der Waals surface area (Å²) >= 11 is 0. The third-order valence-corrected chi connectivity index (χ3v) is 3.88. The van der Waals surface area contributed by atoms with Crippen molar-refractivity contribution in [1.82, 2.24) is 16.0 Å². The lowest BCUT2D eigenvalue weighted by Crippen LogP contribution is -2.52. The summed E-state index contributed by atoms with van der Waals surface area (Å²) in [5, 5.41) is 8.88.